The maximum Gasteiger partial charge on any atom is 0.134 e. The number of aliphatic hydroxyl groups excluding tert-OH is 2. The maximum absolute atomic E-state index is 9.30. The zero-order valence-electron chi connectivity index (χ0n) is 10.3. The highest BCUT2D eigenvalue weighted by atomic mass is 35.5. The Bertz CT molecular complexity index is 555. The molecule has 0 aliphatic carbocycles. The van der Waals surface area contributed by atoms with Crippen LogP contribution in [0, 0.1) is 0 Å². The molecule has 0 saturated carbocycles. The summed E-state index contributed by atoms with van der Waals surface area (Å²) in [5.74, 6) is 1.19. The van der Waals surface area contributed by atoms with E-state index in [0.717, 1.165) is 5.56 Å². The first-order chi connectivity index (χ1) is 9.24. The third-order valence-electron chi connectivity index (χ3n) is 2.77. The van der Waals surface area contributed by atoms with Gasteiger partial charge in [0.15, 0.2) is 0 Å². The Labute approximate surface area is 117 Å². The van der Waals surface area contributed by atoms with E-state index in [2.05, 4.69) is 0 Å². The van der Waals surface area contributed by atoms with Crippen molar-refractivity contribution in [2.24, 2.45) is 0 Å². The Kier molecular flexibility index (Phi) is 4.80. The Morgan fingerprint density at radius 1 is 0.947 bits per heavy atom. The van der Waals surface area contributed by atoms with Crippen LogP contribution in [-0.2, 0) is 13.0 Å². The Morgan fingerprint density at radius 2 is 1.74 bits per heavy atom. The van der Waals surface area contributed by atoms with E-state index in [9.17, 15) is 5.11 Å². The molecule has 0 aromatic heterocycles. The lowest BCUT2D eigenvalue weighted by atomic mass is 10.1. The molecule has 0 radical (unpaired) electrons. The van der Waals surface area contributed by atoms with E-state index in [1.807, 2.05) is 24.3 Å². The zero-order valence-corrected chi connectivity index (χ0v) is 11.1. The second-order valence-electron chi connectivity index (χ2n) is 4.09. The van der Waals surface area contributed by atoms with E-state index in [0.29, 0.717) is 28.5 Å². The number of para-hydroxylation sites is 1. The van der Waals surface area contributed by atoms with Crippen molar-refractivity contribution in [1.29, 1.82) is 0 Å². The lowest BCUT2D eigenvalue weighted by molar-refractivity contribution is 0.276. The fourth-order valence-electron chi connectivity index (χ4n) is 1.80. The number of ether oxygens (including phenoxy) is 1. The molecule has 0 unspecified atom stereocenters. The van der Waals surface area contributed by atoms with Crippen LogP contribution >= 0.6 is 11.6 Å². The van der Waals surface area contributed by atoms with E-state index < -0.39 is 0 Å². The molecule has 3 nitrogen and oxygen atoms in total. The first kappa shape index (κ1) is 13.9. The van der Waals surface area contributed by atoms with Crippen LogP contribution in [0.3, 0.4) is 0 Å². The van der Waals surface area contributed by atoms with Gasteiger partial charge in [-0.05, 0) is 30.2 Å². The monoisotopic (exact) mass is 278 g/mol. The standard InChI is InChI=1S/C15H15ClO3/c16-13-6-5-12(10-18)15(9-13)19-14-4-2-1-3-11(14)7-8-17/h1-6,9,17-18H,7-8,10H2. The summed E-state index contributed by atoms with van der Waals surface area (Å²) in [6.45, 7) is -0.0581. The summed E-state index contributed by atoms with van der Waals surface area (Å²) in [5, 5.41) is 18.9. The van der Waals surface area contributed by atoms with Crippen molar-refractivity contribution in [2.75, 3.05) is 6.61 Å². The Hall–Kier alpha value is -1.55. The fraction of sp³-hybridized carbons (Fsp3) is 0.200. The Morgan fingerprint density at radius 3 is 2.47 bits per heavy atom. The molecule has 0 amide bonds. The molecule has 0 aliphatic heterocycles. The third kappa shape index (κ3) is 3.47. The smallest absolute Gasteiger partial charge is 0.134 e. The van der Waals surface area contributed by atoms with Crippen molar-refractivity contribution in [3.05, 3.63) is 58.6 Å². The molecule has 100 valence electrons. The molecular formula is C15H15ClO3. The lowest BCUT2D eigenvalue weighted by Crippen LogP contribution is -1.97. The number of rotatable bonds is 5. The first-order valence-electron chi connectivity index (χ1n) is 6.00. The highest BCUT2D eigenvalue weighted by Crippen LogP contribution is 2.30. The van der Waals surface area contributed by atoms with Crippen molar-refractivity contribution in [3.63, 3.8) is 0 Å². The van der Waals surface area contributed by atoms with Gasteiger partial charge in [-0.3, -0.25) is 0 Å². The second-order valence-corrected chi connectivity index (χ2v) is 4.53. The summed E-state index contributed by atoms with van der Waals surface area (Å²) in [6, 6.07) is 12.6. The van der Waals surface area contributed by atoms with E-state index in [1.165, 1.54) is 0 Å². The summed E-state index contributed by atoms with van der Waals surface area (Å²) in [4.78, 5) is 0. The van der Waals surface area contributed by atoms with Gasteiger partial charge in [-0.1, -0.05) is 35.9 Å². The predicted octanol–water partition coefficient (Wildman–Crippen LogP) is 3.16. The molecule has 0 spiro atoms. The summed E-state index contributed by atoms with van der Waals surface area (Å²) >= 11 is 5.94. The average molecular weight is 279 g/mol. The van der Waals surface area contributed by atoms with E-state index in [4.69, 9.17) is 21.4 Å². The number of hydrogen-bond donors (Lipinski definition) is 2. The van der Waals surface area contributed by atoms with E-state index in [-0.39, 0.29) is 13.2 Å². The SMILES string of the molecule is OCCc1ccccc1Oc1cc(Cl)ccc1CO. The minimum absolute atomic E-state index is 0.0583. The number of hydrogen-bond acceptors (Lipinski definition) is 3. The molecule has 2 aromatic carbocycles. The van der Waals surface area contributed by atoms with E-state index in [1.54, 1.807) is 18.2 Å². The van der Waals surface area contributed by atoms with Gasteiger partial charge in [-0.2, -0.15) is 0 Å². The quantitative estimate of drug-likeness (QED) is 0.883. The molecule has 0 fully saturated rings. The topological polar surface area (TPSA) is 49.7 Å². The largest absolute Gasteiger partial charge is 0.457 e. The molecule has 0 saturated heterocycles. The van der Waals surface area contributed by atoms with E-state index >= 15 is 0 Å². The third-order valence-corrected chi connectivity index (χ3v) is 3.01. The van der Waals surface area contributed by atoms with Gasteiger partial charge in [0, 0.05) is 17.2 Å². The molecular weight excluding hydrogens is 264 g/mol. The van der Waals surface area contributed by atoms with Gasteiger partial charge in [0.25, 0.3) is 0 Å². The lowest BCUT2D eigenvalue weighted by Gasteiger charge is -2.13. The number of halogens is 1. The van der Waals surface area contributed by atoms with Crippen LogP contribution in [0.15, 0.2) is 42.5 Å². The van der Waals surface area contributed by atoms with Crippen molar-refractivity contribution in [3.8, 4) is 11.5 Å². The van der Waals surface area contributed by atoms with Gasteiger partial charge in [0.1, 0.15) is 11.5 Å². The van der Waals surface area contributed by atoms with Gasteiger partial charge in [-0.15, -0.1) is 0 Å². The second kappa shape index (κ2) is 6.57. The van der Waals surface area contributed by atoms with Gasteiger partial charge >= 0.3 is 0 Å². The van der Waals surface area contributed by atoms with Crippen molar-refractivity contribution >= 4 is 11.6 Å². The van der Waals surface area contributed by atoms with Crippen molar-refractivity contribution < 1.29 is 14.9 Å². The van der Waals surface area contributed by atoms with Crippen LogP contribution in [0.5, 0.6) is 11.5 Å². The molecule has 0 bridgehead atoms. The fourth-order valence-corrected chi connectivity index (χ4v) is 1.96. The van der Waals surface area contributed by atoms with Crippen LogP contribution in [0.4, 0.5) is 0 Å². The zero-order chi connectivity index (χ0) is 13.7. The molecule has 2 rings (SSSR count). The normalized spacial score (nSPS) is 10.5. The van der Waals surface area contributed by atoms with Crippen LogP contribution in [0.1, 0.15) is 11.1 Å². The molecule has 4 heteroatoms. The minimum atomic E-state index is -0.116. The molecule has 0 heterocycles. The molecule has 0 atom stereocenters. The minimum Gasteiger partial charge on any atom is -0.457 e. The molecule has 0 aliphatic rings. The maximum atomic E-state index is 9.30. The highest BCUT2D eigenvalue weighted by Gasteiger charge is 2.08. The van der Waals surface area contributed by atoms with Gasteiger partial charge in [0.05, 0.1) is 6.61 Å². The summed E-state index contributed by atoms with van der Waals surface area (Å²) in [7, 11) is 0. The van der Waals surface area contributed by atoms with Crippen LogP contribution < -0.4 is 4.74 Å². The van der Waals surface area contributed by atoms with Gasteiger partial charge in [-0.25, -0.2) is 0 Å². The molecule has 2 aromatic rings. The molecule has 2 N–H and O–H groups in total. The first-order valence-corrected chi connectivity index (χ1v) is 6.38. The summed E-state index contributed by atoms with van der Waals surface area (Å²) < 4.78 is 5.81. The van der Waals surface area contributed by atoms with Crippen molar-refractivity contribution in [2.45, 2.75) is 13.0 Å². The molecule has 19 heavy (non-hydrogen) atoms. The number of benzene rings is 2. The Balaban J connectivity index is 2.33. The predicted molar refractivity (Wildman–Crippen MR) is 74.7 cm³/mol. The average Bonchev–Trinajstić information content (AvgIpc) is 2.42. The van der Waals surface area contributed by atoms with Gasteiger partial charge < -0.3 is 14.9 Å². The van der Waals surface area contributed by atoms with Crippen molar-refractivity contribution in [1.82, 2.24) is 0 Å². The van der Waals surface area contributed by atoms with Crippen LogP contribution in [-0.4, -0.2) is 16.8 Å². The summed E-state index contributed by atoms with van der Waals surface area (Å²) in [5.41, 5.74) is 1.58. The van der Waals surface area contributed by atoms with Gasteiger partial charge in [0.2, 0.25) is 0 Å². The summed E-state index contributed by atoms with van der Waals surface area (Å²) in [6.07, 6.45) is 0.519. The van der Waals surface area contributed by atoms with Crippen LogP contribution in [0.25, 0.3) is 0 Å². The van der Waals surface area contributed by atoms with Crippen LogP contribution in [0.2, 0.25) is 5.02 Å². The highest BCUT2D eigenvalue weighted by molar-refractivity contribution is 6.30. The number of aliphatic hydroxyl groups is 2.